The number of para-hydroxylation sites is 1. The third kappa shape index (κ3) is 2.25. The number of aromatic nitrogens is 2. The number of hydrogen-bond acceptors (Lipinski definition) is 4. The second kappa shape index (κ2) is 5.17. The lowest BCUT2D eigenvalue weighted by atomic mass is 10.1. The average Bonchev–Trinajstić information content (AvgIpc) is 2.48. The Labute approximate surface area is 118 Å². The molecular weight excluding hydrogens is 276 g/mol. The van der Waals surface area contributed by atoms with Crippen LogP contribution >= 0.6 is 0 Å². The number of carboxylic acid groups (broad SMARTS) is 1. The number of fused-ring (bicyclic) bond motifs is 1. The van der Waals surface area contributed by atoms with Crippen LogP contribution in [0.4, 0.5) is 0 Å². The van der Waals surface area contributed by atoms with Crippen molar-refractivity contribution in [3.63, 3.8) is 0 Å². The van der Waals surface area contributed by atoms with Gasteiger partial charge < -0.3 is 14.8 Å². The molecule has 1 aromatic heterocycles. The minimum atomic E-state index is -1.14. The molecule has 1 unspecified atom stereocenters. The fourth-order valence-corrected chi connectivity index (χ4v) is 2.74. The Morgan fingerprint density at radius 1 is 1.38 bits per heavy atom. The Hall–Kier alpha value is -2.41. The molecule has 2 N–H and O–H groups in total. The van der Waals surface area contributed by atoms with E-state index in [1.54, 1.807) is 6.07 Å². The predicted octanol–water partition coefficient (Wildman–Crippen LogP) is 0.740. The van der Waals surface area contributed by atoms with Crippen LogP contribution in [-0.2, 0) is 4.74 Å². The molecule has 0 saturated carbocycles. The first-order valence-electron chi connectivity index (χ1n) is 6.68. The van der Waals surface area contributed by atoms with Gasteiger partial charge in [0.2, 0.25) is 0 Å². The Morgan fingerprint density at radius 3 is 2.86 bits per heavy atom. The molecule has 0 amide bonds. The number of carbonyl (C=O) groups is 1. The van der Waals surface area contributed by atoms with Crippen LogP contribution in [0.1, 0.15) is 29.2 Å². The van der Waals surface area contributed by atoms with Gasteiger partial charge in [0, 0.05) is 6.61 Å². The molecule has 21 heavy (non-hydrogen) atoms. The number of carboxylic acids is 1. The Morgan fingerprint density at radius 2 is 2.19 bits per heavy atom. The van der Waals surface area contributed by atoms with Gasteiger partial charge >= 0.3 is 17.1 Å². The standard InChI is InChI=1S/C14H14N2O5/c17-12-13(18)16(8-3-2-6-21-7-8)11-9(14(19)20)4-1-5-10(11)15-12/h1,4-5,8H,2-3,6-7H2,(H,15,17)(H,19,20). The molecule has 1 aliphatic rings. The molecule has 7 nitrogen and oxygen atoms in total. The molecule has 1 saturated heterocycles. The van der Waals surface area contributed by atoms with Crippen molar-refractivity contribution < 1.29 is 14.6 Å². The molecule has 3 rings (SSSR count). The quantitative estimate of drug-likeness (QED) is 0.794. The number of ether oxygens (including phenoxy) is 1. The fraction of sp³-hybridized carbons (Fsp3) is 0.357. The van der Waals surface area contributed by atoms with Crippen LogP contribution in [0.5, 0.6) is 0 Å². The molecule has 0 aliphatic carbocycles. The van der Waals surface area contributed by atoms with Gasteiger partial charge in [-0.2, -0.15) is 0 Å². The maximum Gasteiger partial charge on any atom is 0.337 e. The number of aromatic carboxylic acids is 1. The molecule has 0 bridgehead atoms. The smallest absolute Gasteiger partial charge is 0.337 e. The van der Waals surface area contributed by atoms with E-state index >= 15 is 0 Å². The zero-order valence-corrected chi connectivity index (χ0v) is 11.2. The summed E-state index contributed by atoms with van der Waals surface area (Å²) in [4.78, 5) is 37.9. The monoisotopic (exact) mass is 290 g/mol. The lowest BCUT2D eigenvalue weighted by molar-refractivity contribution is 0.0589. The van der Waals surface area contributed by atoms with Crippen molar-refractivity contribution in [2.24, 2.45) is 0 Å². The summed E-state index contributed by atoms with van der Waals surface area (Å²) in [5.74, 6) is -1.14. The highest BCUT2D eigenvalue weighted by Crippen LogP contribution is 2.23. The number of nitrogens with zero attached hydrogens (tertiary/aromatic N) is 1. The summed E-state index contributed by atoms with van der Waals surface area (Å²) in [6, 6.07) is 4.22. The van der Waals surface area contributed by atoms with Gasteiger partial charge in [-0.05, 0) is 25.0 Å². The Kier molecular flexibility index (Phi) is 3.34. The maximum absolute atomic E-state index is 12.2. The molecule has 1 aromatic carbocycles. The van der Waals surface area contributed by atoms with Crippen LogP contribution in [0.15, 0.2) is 27.8 Å². The number of hydrogen-bond donors (Lipinski definition) is 2. The van der Waals surface area contributed by atoms with Gasteiger partial charge in [0.15, 0.2) is 0 Å². The van der Waals surface area contributed by atoms with E-state index < -0.39 is 17.1 Å². The molecule has 2 aromatic rings. The fourth-order valence-electron chi connectivity index (χ4n) is 2.74. The molecule has 1 fully saturated rings. The zero-order valence-electron chi connectivity index (χ0n) is 11.2. The highest BCUT2D eigenvalue weighted by molar-refractivity contribution is 6.00. The third-order valence-corrected chi connectivity index (χ3v) is 3.67. The van der Waals surface area contributed by atoms with Gasteiger partial charge in [0.25, 0.3) is 0 Å². The summed E-state index contributed by atoms with van der Waals surface area (Å²) in [6.07, 6.45) is 1.44. The van der Waals surface area contributed by atoms with E-state index in [9.17, 15) is 19.5 Å². The third-order valence-electron chi connectivity index (χ3n) is 3.67. The van der Waals surface area contributed by atoms with E-state index in [-0.39, 0.29) is 17.1 Å². The zero-order chi connectivity index (χ0) is 15.0. The molecule has 2 heterocycles. The molecule has 1 aliphatic heterocycles. The van der Waals surface area contributed by atoms with E-state index in [4.69, 9.17) is 4.74 Å². The van der Waals surface area contributed by atoms with E-state index in [1.807, 2.05) is 0 Å². The first-order chi connectivity index (χ1) is 10.1. The summed E-state index contributed by atoms with van der Waals surface area (Å²) in [6.45, 7) is 0.907. The van der Waals surface area contributed by atoms with Gasteiger partial charge in [-0.3, -0.25) is 14.2 Å². The lowest BCUT2D eigenvalue weighted by Crippen LogP contribution is -2.41. The highest BCUT2D eigenvalue weighted by Gasteiger charge is 2.23. The topological polar surface area (TPSA) is 101 Å². The van der Waals surface area contributed by atoms with Crippen LogP contribution in [0.25, 0.3) is 11.0 Å². The summed E-state index contributed by atoms with van der Waals surface area (Å²) in [7, 11) is 0. The molecule has 110 valence electrons. The second-order valence-corrected chi connectivity index (χ2v) is 5.01. The number of aromatic amines is 1. The normalized spacial score (nSPS) is 18.8. The number of H-pyrrole nitrogens is 1. The van der Waals surface area contributed by atoms with Crippen LogP contribution in [0.3, 0.4) is 0 Å². The van der Waals surface area contributed by atoms with E-state index in [2.05, 4.69) is 4.98 Å². The SMILES string of the molecule is O=C(O)c1cccc2[nH]c(=O)c(=O)n(C3CCCOC3)c12. The van der Waals surface area contributed by atoms with Gasteiger partial charge in [-0.25, -0.2) is 4.79 Å². The van der Waals surface area contributed by atoms with Crippen molar-refractivity contribution in [3.05, 3.63) is 44.5 Å². The van der Waals surface area contributed by atoms with E-state index in [0.717, 1.165) is 6.42 Å². The lowest BCUT2D eigenvalue weighted by Gasteiger charge is -2.25. The average molecular weight is 290 g/mol. The molecule has 1 atom stereocenters. The van der Waals surface area contributed by atoms with Gasteiger partial charge in [-0.1, -0.05) is 6.07 Å². The largest absolute Gasteiger partial charge is 0.478 e. The van der Waals surface area contributed by atoms with Crippen LogP contribution in [0.2, 0.25) is 0 Å². The minimum absolute atomic E-state index is 0.00794. The molecule has 0 radical (unpaired) electrons. The van der Waals surface area contributed by atoms with Crippen LogP contribution < -0.4 is 11.1 Å². The summed E-state index contributed by atoms with van der Waals surface area (Å²) >= 11 is 0. The number of benzene rings is 1. The maximum atomic E-state index is 12.2. The summed E-state index contributed by atoms with van der Waals surface area (Å²) in [5, 5.41) is 9.33. The summed E-state index contributed by atoms with van der Waals surface area (Å²) < 4.78 is 6.64. The van der Waals surface area contributed by atoms with Gasteiger partial charge in [-0.15, -0.1) is 0 Å². The van der Waals surface area contributed by atoms with E-state index in [0.29, 0.717) is 25.2 Å². The predicted molar refractivity (Wildman–Crippen MR) is 74.9 cm³/mol. The van der Waals surface area contributed by atoms with Crippen molar-refractivity contribution in [2.45, 2.75) is 18.9 Å². The van der Waals surface area contributed by atoms with Crippen molar-refractivity contribution >= 4 is 17.0 Å². The summed E-state index contributed by atoms with van der Waals surface area (Å²) in [5.41, 5.74) is -0.927. The van der Waals surface area contributed by atoms with Crippen molar-refractivity contribution in [1.82, 2.24) is 9.55 Å². The first kappa shape index (κ1) is 13.6. The van der Waals surface area contributed by atoms with Crippen LogP contribution in [0, 0.1) is 0 Å². The molecule has 0 spiro atoms. The van der Waals surface area contributed by atoms with Crippen LogP contribution in [-0.4, -0.2) is 33.8 Å². The molecular formula is C14H14N2O5. The Bertz CT molecular complexity index is 814. The highest BCUT2D eigenvalue weighted by atomic mass is 16.5. The van der Waals surface area contributed by atoms with Gasteiger partial charge in [0.05, 0.1) is 29.2 Å². The molecule has 7 heteroatoms. The van der Waals surface area contributed by atoms with Crippen molar-refractivity contribution in [3.8, 4) is 0 Å². The van der Waals surface area contributed by atoms with Crippen molar-refractivity contribution in [2.75, 3.05) is 13.2 Å². The van der Waals surface area contributed by atoms with E-state index in [1.165, 1.54) is 16.7 Å². The second-order valence-electron chi connectivity index (χ2n) is 5.01. The Balaban J connectivity index is 2.38. The number of nitrogens with one attached hydrogen (secondary N) is 1. The first-order valence-corrected chi connectivity index (χ1v) is 6.68. The van der Waals surface area contributed by atoms with Crippen molar-refractivity contribution in [1.29, 1.82) is 0 Å². The van der Waals surface area contributed by atoms with Gasteiger partial charge in [0.1, 0.15) is 0 Å². The number of rotatable bonds is 2. The minimum Gasteiger partial charge on any atom is -0.478 e.